The highest BCUT2D eigenvalue weighted by Gasteiger charge is 2.26. The summed E-state index contributed by atoms with van der Waals surface area (Å²) in [4.78, 5) is 17.2. The number of para-hydroxylation sites is 1. The molecule has 2 aliphatic carbocycles. The van der Waals surface area contributed by atoms with Crippen molar-refractivity contribution in [2.75, 3.05) is 11.9 Å². The molecule has 2 aliphatic rings. The number of H-pyrrole nitrogens is 1. The van der Waals surface area contributed by atoms with Gasteiger partial charge in [-0.3, -0.25) is 4.98 Å². The van der Waals surface area contributed by atoms with Crippen molar-refractivity contribution in [3.8, 4) is 11.4 Å². The quantitative estimate of drug-likeness (QED) is 0.299. The second-order valence-corrected chi connectivity index (χ2v) is 10.4. The fraction of sp³-hybridized carbons (Fsp3) is 0.357. The molecule has 1 fully saturated rings. The first-order valence-corrected chi connectivity index (χ1v) is 13.1. The number of nitrogens with one attached hydrogen (secondary N) is 3. The number of anilines is 1. The summed E-state index contributed by atoms with van der Waals surface area (Å²) in [6.45, 7) is 3.13. The summed E-state index contributed by atoms with van der Waals surface area (Å²) in [5.74, 6) is 1.40. The number of benzene rings is 1. The number of fused-ring (bicyclic) bond motifs is 4. The lowest BCUT2D eigenvalue weighted by molar-refractivity contribution is 0.550. The molecule has 8 nitrogen and oxygen atoms in total. The van der Waals surface area contributed by atoms with E-state index in [2.05, 4.69) is 56.9 Å². The molecule has 0 radical (unpaired) electrons. The standard InChI is InChI=1S/C28H29FN8/c1-16(31-12-17-6-7-17)23-15-32-37-27(23)35-26(18-10-19(29)14-30-13-18)36-28(37)33-20-8-9-25-22(11-20)21-4-2-3-5-24(21)34-25/h2-5,10,13-17,20,31,34H,6-9,11-12H2,1H3,(H,33,35,36)/t16?,20-/m1/s1. The van der Waals surface area contributed by atoms with Gasteiger partial charge in [0.2, 0.25) is 5.95 Å². The second-order valence-electron chi connectivity index (χ2n) is 10.4. The average molecular weight is 497 g/mol. The van der Waals surface area contributed by atoms with Crippen LogP contribution >= 0.6 is 0 Å². The Hall–Kier alpha value is -3.85. The van der Waals surface area contributed by atoms with Crippen LogP contribution in [0.25, 0.3) is 27.9 Å². The highest BCUT2D eigenvalue weighted by atomic mass is 19.1. The normalized spacial score (nSPS) is 18.3. The highest BCUT2D eigenvalue weighted by molar-refractivity contribution is 5.85. The van der Waals surface area contributed by atoms with Gasteiger partial charge in [0.25, 0.3) is 0 Å². The van der Waals surface area contributed by atoms with Crippen LogP contribution < -0.4 is 10.6 Å². The molecule has 0 amide bonds. The molecule has 7 rings (SSSR count). The van der Waals surface area contributed by atoms with Gasteiger partial charge in [-0.1, -0.05) is 18.2 Å². The van der Waals surface area contributed by atoms with Gasteiger partial charge in [0, 0.05) is 46.0 Å². The van der Waals surface area contributed by atoms with Crippen LogP contribution in [-0.2, 0) is 12.8 Å². The van der Waals surface area contributed by atoms with Gasteiger partial charge in [-0.05, 0) is 69.2 Å². The van der Waals surface area contributed by atoms with E-state index in [1.54, 1.807) is 10.7 Å². The molecule has 1 saturated carbocycles. The first-order chi connectivity index (χ1) is 18.1. The fourth-order valence-electron chi connectivity index (χ4n) is 5.41. The Morgan fingerprint density at radius 3 is 2.89 bits per heavy atom. The molecular weight excluding hydrogens is 467 g/mol. The lowest BCUT2D eigenvalue weighted by Crippen LogP contribution is -2.29. The molecule has 0 bridgehead atoms. The number of halogens is 1. The van der Waals surface area contributed by atoms with Crippen LogP contribution in [0.2, 0.25) is 0 Å². The Balaban J connectivity index is 1.26. The molecule has 0 aliphatic heterocycles. The molecule has 0 spiro atoms. The third-order valence-corrected chi connectivity index (χ3v) is 7.66. The van der Waals surface area contributed by atoms with E-state index in [1.807, 2.05) is 6.20 Å². The summed E-state index contributed by atoms with van der Waals surface area (Å²) in [5.41, 5.74) is 6.12. The Kier molecular flexibility index (Phi) is 5.39. The summed E-state index contributed by atoms with van der Waals surface area (Å²) in [5, 5.41) is 13.2. The number of aromatic nitrogens is 6. The third kappa shape index (κ3) is 4.23. The van der Waals surface area contributed by atoms with Crippen molar-refractivity contribution >= 4 is 22.5 Å². The first kappa shape index (κ1) is 22.4. The number of rotatable bonds is 7. The maximum absolute atomic E-state index is 14.0. The van der Waals surface area contributed by atoms with Crippen molar-refractivity contribution in [2.24, 2.45) is 5.92 Å². The van der Waals surface area contributed by atoms with Crippen LogP contribution in [0, 0.1) is 11.7 Å². The van der Waals surface area contributed by atoms with E-state index >= 15 is 0 Å². The Morgan fingerprint density at radius 1 is 1.14 bits per heavy atom. The molecule has 0 saturated heterocycles. The SMILES string of the molecule is CC(NCC1CC1)c1cnn2c(N[C@@H]3CCc4[nH]c5ccccc5c4C3)nc(-c3cncc(F)c3)nc12. The molecule has 1 aromatic carbocycles. The maximum atomic E-state index is 14.0. The van der Waals surface area contributed by atoms with Gasteiger partial charge in [-0.25, -0.2) is 9.37 Å². The van der Waals surface area contributed by atoms with Crippen LogP contribution in [-0.4, -0.2) is 42.1 Å². The van der Waals surface area contributed by atoms with Crippen molar-refractivity contribution in [3.63, 3.8) is 0 Å². The van der Waals surface area contributed by atoms with Crippen molar-refractivity contribution in [1.82, 2.24) is 34.9 Å². The van der Waals surface area contributed by atoms with E-state index in [0.29, 0.717) is 17.3 Å². The lowest BCUT2D eigenvalue weighted by atomic mass is 9.91. The number of hydrogen-bond donors (Lipinski definition) is 3. The van der Waals surface area contributed by atoms with Gasteiger partial charge >= 0.3 is 0 Å². The van der Waals surface area contributed by atoms with Gasteiger partial charge in [0.1, 0.15) is 5.82 Å². The number of pyridine rings is 1. The zero-order chi connectivity index (χ0) is 24.9. The molecule has 37 heavy (non-hydrogen) atoms. The van der Waals surface area contributed by atoms with Crippen LogP contribution in [0.1, 0.15) is 49.0 Å². The van der Waals surface area contributed by atoms with E-state index in [-0.39, 0.29) is 12.1 Å². The van der Waals surface area contributed by atoms with Gasteiger partial charge in [-0.2, -0.15) is 14.6 Å². The van der Waals surface area contributed by atoms with Crippen LogP contribution in [0.4, 0.5) is 10.3 Å². The fourth-order valence-corrected chi connectivity index (χ4v) is 5.41. The maximum Gasteiger partial charge on any atom is 0.228 e. The lowest BCUT2D eigenvalue weighted by Gasteiger charge is -2.24. The Labute approximate surface area is 213 Å². The number of aromatic amines is 1. The van der Waals surface area contributed by atoms with Crippen LogP contribution in [0.5, 0.6) is 0 Å². The summed E-state index contributed by atoms with van der Waals surface area (Å²) < 4.78 is 15.8. The topological polar surface area (TPSA) is 95.8 Å². The molecule has 1 unspecified atom stereocenters. The summed E-state index contributed by atoms with van der Waals surface area (Å²) >= 11 is 0. The molecular formula is C28H29FN8. The van der Waals surface area contributed by atoms with Crippen molar-refractivity contribution in [1.29, 1.82) is 0 Å². The number of hydrogen-bond acceptors (Lipinski definition) is 6. The minimum Gasteiger partial charge on any atom is -0.358 e. The predicted octanol–water partition coefficient (Wildman–Crippen LogP) is 4.84. The van der Waals surface area contributed by atoms with Crippen molar-refractivity contribution in [2.45, 2.75) is 51.1 Å². The summed E-state index contributed by atoms with van der Waals surface area (Å²) in [6.07, 6.45) is 10.1. The molecule has 5 aromatic rings. The zero-order valence-corrected chi connectivity index (χ0v) is 20.7. The van der Waals surface area contributed by atoms with Crippen molar-refractivity contribution < 1.29 is 4.39 Å². The molecule has 2 atom stereocenters. The third-order valence-electron chi connectivity index (χ3n) is 7.66. The predicted molar refractivity (Wildman–Crippen MR) is 141 cm³/mol. The average Bonchev–Trinajstić information content (AvgIpc) is 3.53. The minimum absolute atomic E-state index is 0.0859. The summed E-state index contributed by atoms with van der Waals surface area (Å²) in [6, 6.07) is 10.2. The van der Waals surface area contributed by atoms with Gasteiger partial charge in [0.15, 0.2) is 11.5 Å². The molecule has 3 N–H and O–H groups in total. The molecule has 4 aromatic heterocycles. The van der Waals surface area contributed by atoms with Crippen molar-refractivity contribution in [3.05, 3.63) is 71.6 Å². The molecule has 4 heterocycles. The first-order valence-electron chi connectivity index (χ1n) is 13.1. The smallest absolute Gasteiger partial charge is 0.228 e. The minimum atomic E-state index is -0.414. The van der Waals surface area contributed by atoms with Gasteiger partial charge in [0.05, 0.1) is 12.4 Å². The molecule has 188 valence electrons. The Morgan fingerprint density at radius 2 is 2.03 bits per heavy atom. The van der Waals surface area contributed by atoms with Crippen LogP contribution in [0.3, 0.4) is 0 Å². The van der Waals surface area contributed by atoms with Gasteiger partial charge in [-0.15, -0.1) is 0 Å². The van der Waals surface area contributed by atoms with E-state index < -0.39 is 5.82 Å². The number of nitrogens with zero attached hydrogens (tertiary/aromatic N) is 5. The second kappa shape index (κ2) is 8.92. The molecule has 9 heteroatoms. The van der Waals surface area contributed by atoms with E-state index in [4.69, 9.17) is 9.97 Å². The van der Waals surface area contributed by atoms with E-state index in [0.717, 1.165) is 42.9 Å². The van der Waals surface area contributed by atoms with Crippen LogP contribution in [0.15, 0.2) is 48.9 Å². The number of aryl methyl sites for hydroxylation is 1. The largest absolute Gasteiger partial charge is 0.358 e. The Bertz CT molecular complexity index is 1600. The highest BCUT2D eigenvalue weighted by Crippen LogP contribution is 2.32. The van der Waals surface area contributed by atoms with E-state index in [1.165, 1.54) is 47.3 Å². The van der Waals surface area contributed by atoms with E-state index in [9.17, 15) is 4.39 Å². The monoisotopic (exact) mass is 496 g/mol. The van der Waals surface area contributed by atoms with Gasteiger partial charge < -0.3 is 15.6 Å². The zero-order valence-electron chi connectivity index (χ0n) is 20.7. The summed E-state index contributed by atoms with van der Waals surface area (Å²) in [7, 11) is 0.